The zero-order valence-electron chi connectivity index (χ0n) is 11.9. The van der Waals surface area contributed by atoms with Gasteiger partial charge in [-0.05, 0) is 23.1 Å². The number of nitriles is 1. The highest BCUT2D eigenvalue weighted by Crippen LogP contribution is 2.25. The van der Waals surface area contributed by atoms with Gasteiger partial charge in [0, 0.05) is 6.08 Å². The molecular formula is C18H17NO2. The van der Waals surface area contributed by atoms with Crippen LogP contribution in [0.1, 0.15) is 18.1 Å². The Labute approximate surface area is 124 Å². The smallest absolute Gasteiger partial charge is 0.327 e. The Kier molecular flexibility index (Phi) is 6.43. The highest BCUT2D eigenvalue weighted by molar-refractivity contribution is 5.78. The van der Waals surface area contributed by atoms with E-state index in [1.807, 2.05) is 48.5 Å². The van der Waals surface area contributed by atoms with E-state index >= 15 is 0 Å². The molecule has 2 aromatic carbocycles. The Morgan fingerprint density at radius 1 is 1.24 bits per heavy atom. The second kappa shape index (κ2) is 8.34. The van der Waals surface area contributed by atoms with Crippen molar-refractivity contribution in [2.75, 3.05) is 0 Å². The summed E-state index contributed by atoms with van der Waals surface area (Å²) in [6.45, 7) is 5.04. The molecule has 0 spiro atoms. The van der Waals surface area contributed by atoms with Crippen LogP contribution in [-0.2, 0) is 11.2 Å². The first kappa shape index (κ1) is 16.2. The van der Waals surface area contributed by atoms with E-state index in [1.54, 1.807) is 0 Å². The lowest BCUT2D eigenvalue weighted by atomic mass is 9.95. The van der Waals surface area contributed by atoms with E-state index in [1.165, 1.54) is 0 Å². The topological polar surface area (TPSA) is 61.1 Å². The van der Waals surface area contributed by atoms with Gasteiger partial charge in [-0.2, -0.15) is 5.26 Å². The first-order valence-electron chi connectivity index (χ1n) is 6.56. The lowest BCUT2D eigenvalue weighted by molar-refractivity contribution is -0.131. The Bertz CT molecular complexity index is 655. The summed E-state index contributed by atoms with van der Waals surface area (Å²) >= 11 is 0. The number of hydrogen-bond acceptors (Lipinski definition) is 2. The molecule has 1 N–H and O–H groups in total. The number of carboxylic acids is 1. The Balaban J connectivity index is 0.000000383. The van der Waals surface area contributed by atoms with Crippen molar-refractivity contribution in [3.8, 4) is 17.2 Å². The number of carboxylic acid groups (broad SMARTS) is 1. The molecule has 0 amide bonds. The van der Waals surface area contributed by atoms with E-state index in [9.17, 15) is 10.1 Å². The molecular weight excluding hydrogens is 262 g/mol. The molecule has 0 unspecified atom stereocenters. The summed E-state index contributed by atoms with van der Waals surface area (Å²) in [6.07, 6.45) is 1.73. The number of hydrogen-bond donors (Lipinski definition) is 1. The molecule has 0 aliphatic carbocycles. The van der Waals surface area contributed by atoms with Crippen molar-refractivity contribution in [2.24, 2.45) is 0 Å². The van der Waals surface area contributed by atoms with Gasteiger partial charge in [-0.1, -0.05) is 62.0 Å². The van der Waals surface area contributed by atoms with Crippen LogP contribution in [0.25, 0.3) is 11.1 Å². The van der Waals surface area contributed by atoms with E-state index in [2.05, 4.69) is 19.6 Å². The van der Waals surface area contributed by atoms with Gasteiger partial charge >= 0.3 is 5.97 Å². The number of aryl methyl sites for hydroxylation is 1. The fourth-order valence-electron chi connectivity index (χ4n) is 1.89. The Hall–Kier alpha value is -2.86. The molecule has 0 bridgehead atoms. The van der Waals surface area contributed by atoms with Crippen LogP contribution in [0.15, 0.2) is 61.2 Å². The molecule has 2 rings (SSSR count). The van der Waals surface area contributed by atoms with Crippen molar-refractivity contribution < 1.29 is 9.90 Å². The molecule has 0 aliphatic heterocycles. The van der Waals surface area contributed by atoms with Gasteiger partial charge in [-0.25, -0.2) is 4.79 Å². The fourth-order valence-corrected chi connectivity index (χ4v) is 1.89. The summed E-state index contributed by atoms with van der Waals surface area (Å²) < 4.78 is 0. The van der Waals surface area contributed by atoms with Gasteiger partial charge in [0.15, 0.2) is 0 Å². The van der Waals surface area contributed by atoms with Crippen molar-refractivity contribution in [3.63, 3.8) is 0 Å². The van der Waals surface area contributed by atoms with Crippen molar-refractivity contribution in [2.45, 2.75) is 13.3 Å². The fraction of sp³-hybridized carbons (Fsp3) is 0.111. The highest BCUT2D eigenvalue weighted by Gasteiger charge is 2.07. The largest absolute Gasteiger partial charge is 0.478 e. The summed E-state index contributed by atoms with van der Waals surface area (Å²) in [5.41, 5.74) is 4.05. The second-order valence-corrected chi connectivity index (χ2v) is 4.21. The van der Waals surface area contributed by atoms with Crippen LogP contribution in [-0.4, -0.2) is 11.1 Å². The molecule has 3 heteroatoms. The predicted octanol–water partition coefficient (Wildman–Crippen LogP) is 4.04. The number of benzene rings is 2. The monoisotopic (exact) mass is 279 g/mol. The quantitative estimate of drug-likeness (QED) is 0.862. The zero-order chi connectivity index (χ0) is 15.7. The number of carbonyl (C=O) groups is 1. The number of nitrogens with zero attached hydrogens (tertiary/aromatic N) is 1. The van der Waals surface area contributed by atoms with E-state index < -0.39 is 5.97 Å². The standard InChI is InChI=1S/C15H13N.C3H4O2/c1-2-12-9-6-10-14(15(12)11-16)13-7-4-3-5-8-13;1-2-3(4)5/h3-10H,2H2,1H3;2H,1H2,(H,4,5). The maximum absolute atomic E-state index is 9.25. The number of rotatable bonds is 3. The first-order valence-corrected chi connectivity index (χ1v) is 6.56. The van der Waals surface area contributed by atoms with E-state index in [0.717, 1.165) is 34.8 Å². The maximum Gasteiger partial charge on any atom is 0.327 e. The highest BCUT2D eigenvalue weighted by atomic mass is 16.4. The molecule has 0 heterocycles. The SMILES string of the molecule is C=CC(=O)O.CCc1cccc(-c2ccccc2)c1C#N. The van der Waals surface area contributed by atoms with Crippen molar-refractivity contribution in [1.29, 1.82) is 5.26 Å². The summed E-state index contributed by atoms with van der Waals surface area (Å²) in [4.78, 5) is 9.25. The third-order valence-corrected chi connectivity index (χ3v) is 2.90. The van der Waals surface area contributed by atoms with Gasteiger partial charge in [0.2, 0.25) is 0 Å². The van der Waals surface area contributed by atoms with Gasteiger partial charge in [-0.15, -0.1) is 0 Å². The van der Waals surface area contributed by atoms with Gasteiger partial charge in [0.25, 0.3) is 0 Å². The molecule has 106 valence electrons. The first-order chi connectivity index (χ1) is 10.1. The van der Waals surface area contributed by atoms with Crippen LogP contribution in [0.5, 0.6) is 0 Å². The molecule has 0 radical (unpaired) electrons. The number of aliphatic carboxylic acids is 1. The molecule has 0 saturated carbocycles. The average Bonchev–Trinajstić information content (AvgIpc) is 2.55. The lowest BCUT2D eigenvalue weighted by Gasteiger charge is -2.07. The normalized spacial score (nSPS) is 8.95. The van der Waals surface area contributed by atoms with E-state index in [-0.39, 0.29) is 0 Å². The van der Waals surface area contributed by atoms with Gasteiger partial charge in [-0.3, -0.25) is 0 Å². The van der Waals surface area contributed by atoms with Crippen LogP contribution < -0.4 is 0 Å². The van der Waals surface area contributed by atoms with Crippen LogP contribution >= 0.6 is 0 Å². The van der Waals surface area contributed by atoms with E-state index in [0.29, 0.717) is 0 Å². The van der Waals surface area contributed by atoms with Gasteiger partial charge in [0.1, 0.15) is 6.07 Å². The molecule has 0 atom stereocenters. The van der Waals surface area contributed by atoms with Gasteiger partial charge < -0.3 is 5.11 Å². The van der Waals surface area contributed by atoms with Crippen molar-refractivity contribution >= 4 is 5.97 Å². The van der Waals surface area contributed by atoms with Crippen LogP contribution in [0.3, 0.4) is 0 Å². The Morgan fingerprint density at radius 2 is 1.86 bits per heavy atom. The van der Waals surface area contributed by atoms with Crippen LogP contribution in [0, 0.1) is 11.3 Å². The minimum absolute atomic E-state index is 0.802. The third-order valence-electron chi connectivity index (χ3n) is 2.90. The lowest BCUT2D eigenvalue weighted by Crippen LogP contribution is -1.91. The predicted molar refractivity (Wildman–Crippen MR) is 83.8 cm³/mol. The zero-order valence-corrected chi connectivity index (χ0v) is 11.9. The van der Waals surface area contributed by atoms with E-state index in [4.69, 9.17) is 5.11 Å². The maximum atomic E-state index is 9.25. The minimum atomic E-state index is -0.981. The second-order valence-electron chi connectivity index (χ2n) is 4.21. The van der Waals surface area contributed by atoms with Crippen molar-refractivity contribution in [1.82, 2.24) is 0 Å². The average molecular weight is 279 g/mol. The Morgan fingerprint density at radius 3 is 2.33 bits per heavy atom. The van der Waals surface area contributed by atoms with Crippen LogP contribution in [0.4, 0.5) is 0 Å². The molecule has 3 nitrogen and oxygen atoms in total. The third kappa shape index (κ3) is 4.63. The summed E-state index contributed by atoms with van der Waals surface area (Å²) in [7, 11) is 0. The van der Waals surface area contributed by atoms with Gasteiger partial charge in [0.05, 0.1) is 5.56 Å². The van der Waals surface area contributed by atoms with Crippen molar-refractivity contribution in [3.05, 3.63) is 72.3 Å². The molecule has 0 fully saturated rings. The molecule has 21 heavy (non-hydrogen) atoms. The summed E-state index contributed by atoms with van der Waals surface area (Å²) in [6, 6.07) is 18.4. The molecule has 0 saturated heterocycles. The summed E-state index contributed by atoms with van der Waals surface area (Å²) in [5, 5.41) is 16.8. The molecule has 0 aliphatic rings. The molecule has 2 aromatic rings. The summed E-state index contributed by atoms with van der Waals surface area (Å²) in [5.74, 6) is -0.981. The minimum Gasteiger partial charge on any atom is -0.478 e. The molecule has 0 aromatic heterocycles. The van der Waals surface area contributed by atoms with Crippen LogP contribution in [0.2, 0.25) is 0 Å².